The summed E-state index contributed by atoms with van der Waals surface area (Å²) in [6.07, 6.45) is -0.878. The van der Waals surface area contributed by atoms with Gasteiger partial charge in [0.1, 0.15) is 23.8 Å². The van der Waals surface area contributed by atoms with Gasteiger partial charge in [-0.3, -0.25) is 10.2 Å². The Morgan fingerprint density at radius 2 is 1.96 bits per heavy atom. The van der Waals surface area contributed by atoms with E-state index in [1.165, 1.54) is 18.2 Å². The lowest BCUT2D eigenvalue weighted by atomic mass is 10.1. The number of carbonyl (C=O) groups is 2. The first-order valence-corrected chi connectivity index (χ1v) is 7.50. The number of amides is 2. The molecule has 0 spiro atoms. The third-order valence-electron chi connectivity index (χ3n) is 2.42. The summed E-state index contributed by atoms with van der Waals surface area (Å²) >= 11 is 5.53. The molecule has 0 aliphatic carbocycles. The number of nitrogens with one attached hydrogen (secondary N) is 2. The molecule has 23 heavy (non-hydrogen) atoms. The highest BCUT2D eigenvalue weighted by atomic mass is 35.5. The van der Waals surface area contributed by atoms with E-state index >= 15 is 0 Å². The van der Waals surface area contributed by atoms with E-state index < -0.39 is 23.4 Å². The van der Waals surface area contributed by atoms with Gasteiger partial charge in [-0.1, -0.05) is 6.07 Å². The maximum absolute atomic E-state index is 13.2. The summed E-state index contributed by atoms with van der Waals surface area (Å²) in [5.74, 6) is -0.510. The Morgan fingerprint density at radius 3 is 2.57 bits per heavy atom. The van der Waals surface area contributed by atoms with Crippen LogP contribution in [-0.4, -0.2) is 30.1 Å². The van der Waals surface area contributed by atoms with Gasteiger partial charge < -0.3 is 9.47 Å². The number of benzene rings is 1. The van der Waals surface area contributed by atoms with E-state index in [4.69, 9.17) is 21.1 Å². The smallest absolute Gasteiger partial charge is 0.426 e. The summed E-state index contributed by atoms with van der Waals surface area (Å²) in [6.45, 7) is 5.30. The summed E-state index contributed by atoms with van der Waals surface area (Å²) in [4.78, 5) is 23.3. The fourth-order valence-corrected chi connectivity index (χ4v) is 1.68. The lowest BCUT2D eigenvalue weighted by molar-refractivity contribution is -0.121. The molecule has 0 aliphatic rings. The van der Waals surface area contributed by atoms with Gasteiger partial charge in [0.15, 0.2) is 0 Å². The molecule has 1 aromatic carbocycles. The van der Waals surface area contributed by atoms with E-state index in [1.54, 1.807) is 20.8 Å². The predicted octanol–water partition coefficient (Wildman–Crippen LogP) is 2.54. The Balaban J connectivity index is 2.58. The summed E-state index contributed by atoms with van der Waals surface area (Å²) in [5.41, 5.74) is 4.15. The van der Waals surface area contributed by atoms with Crippen LogP contribution in [0.4, 0.5) is 9.18 Å². The third kappa shape index (κ3) is 7.69. The van der Waals surface area contributed by atoms with Gasteiger partial charge in [0.2, 0.25) is 5.91 Å². The van der Waals surface area contributed by atoms with Gasteiger partial charge in [0.05, 0.1) is 12.3 Å². The number of hydrogen-bond donors (Lipinski definition) is 2. The molecule has 0 unspecified atom stereocenters. The number of halogens is 2. The molecular weight excluding hydrogens is 327 g/mol. The normalized spacial score (nSPS) is 10.8. The fourth-order valence-electron chi connectivity index (χ4n) is 1.60. The quantitative estimate of drug-likeness (QED) is 0.634. The van der Waals surface area contributed by atoms with Crippen LogP contribution in [-0.2, 0) is 16.0 Å². The highest BCUT2D eigenvalue weighted by Crippen LogP contribution is 2.20. The summed E-state index contributed by atoms with van der Waals surface area (Å²) < 4.78 is 23.5. The van der Waals surface area contributed by atoms with Crippen LogP contribution in [0.1, 0.15) is 26.3 Å². The lowest BCUT2D eigenvalue weighted by Gasteiger charge is -2.19. The third-order valence-corrected chi connectivity index (χ3v) is 2.57. The second-order valence-corrected chi connectivity index (χ2v) is 6.02. The zero-order chi connectivity index (χ0) is 17.5. The van der Waals surface area contributed by atoms with Gasteiger partial charge in [0.25, 0.3) is 0 Å². The maximum Gasteiger partial charge on any atom is 0.426 e. The van der Waals surface area contributed by atoms with E-state index in [9.17, 15) is 14.0 Å². The number of carbonyl (C=O) groups excluding carboxylic acids is 2. The van der Waals surface area contributed by atoms with Crippen LogP contribution in [0.5, 0.6) is 5.75 Å². The molecule has 0 saturated carbocycles. The van der Waals surface area contributed by atoms with Crippen LogP contribution in [0.2, 0.25) is 0 Å². The van der Waals surface area contributed by atoms with Crippen molar-refractivity contribution >= 4 is 23.6 Å². The van der Waals surface area contributed by atoms with E-state index in [-0.39, 0.29) is 24.7 Å². The average molecular weight is 347 g/mol. The van der Waals surface area contributed by atoms with Crippen LogP contribution < -0.4 is 15.6 Å². The van der Waals surface area contributed by atoms with Crippen molar-refractivity contribution in [2.45, 2.75) is 32.8 Å². The van der Waals surface area contributed by atoms with Crippen LogP contribution in [0.3, 0.4) is 0 Å². The molecule has 8 heteroatoms. The summed E-state index contributed by atoms with van der Waals surface area (Å²) in [6, 6.07) is 3.83. The van der Waals surface area contributed by atoms with Crippen molar-refractivity contribution in [2.24, 2.45) is 0 Å². The van der Waals surface area contributed by atoms with Crippen LogP contribution in [0, 0.1) is 5.82 Å². The highest BCUT2D eigenvalue weighted by Gasteiger charge is 2.17. The SMILES string of the molecule is CC(C)(C)OC(=O)NNC(=O)Cc1ccc(F)cc1OCCCl. The number of rotatable bonds is 5. The minimum absolute atomic E-state index is 0.103. The Labute approximate surface area is 139 Å². The van der Waals surface area contributed by atoms with Crippen molar-refractivity contribution in [2.75, 3.05) is 12.5 Å². The van der Waals surface area contributed by atoms with Crippen molar-refractivity contribution in [1.29, 1.82) is 0 Å². The van der Waals surface area contributed by atoms with Crippen molar-refractivity contribution in [1.82, 2.24) is 10.9 Å². The highest BCUT2D eigenvalue weighted by molar-refractivity contribution is 6.18. The molecule has 0 bridgehead atoms. The first-order valence-electron chi connectivity index (χ1n) is 6.96. The molecule has 0 saturated heterocycles. The van der Waals surface area contributed by atoms with Crippen molar-refractivity contribution < 1.29 is 23.5 Å². The molecule has 1 rings (SSSR count). The van der Waals surface area contributed by atoms with E-state index in [0.717, 1.165) is 0 Å². The first-order chi connectivity index (χ1) is 10.7. The Bertz CT molecular complexity index is 561. The largest absolute Gasteiger partial charge is 0.492 e. The molecule has 128 valence electrons. The molecule has 0 fully saturated rings. The number of ether oxygens (including phenoxy) is 2. The van der Waals surface area contributed by atoms with Crippen LogP contribution in [0.25, 0.3) is 0 Å². The summed E-state index contributed by atoms with van der Waals surface area (Å²) in [5, 5.41) is 0. The van der Waals surface area contributed by atoms with E-state index in [1.807, 2.05) is 0 Å². The topological polar surface area (TPSA) is 76.7 Å². The monoisotopic (exact) mass is 346 g/mol. The Morgan fingerprint density at radius 1 is 1.26 bits per heavy atom. The molecule has 1 aromatic rings. The van der Waals surface area contributed by atoms with E-state index in [0.29, 0.717) is 5.56 Å². The van der Waals surface area contributed by atoms with Crippen LogP contribution >= 0.6 is 11.6 Å². The van der Waals surface area contributed by atoms with Crippen molar-refractivity contribution in [3.63, 3.8) is 0 Å². The van der Waals surface area contributed by atoms with Crippen LogP contribution in [0.15, 0.2) is 18.2 Å². The minimum Gasteiger partial charge on any atom is -0.492 e. The molecular formula is C15H20ClFN2O4. The standard InChI is InChI=1S/C15H20ClFN2O4/c1-15(2,3)23-14(21)19-18-13(20)8-10-4-5-11(17)9-12(10)22-7-6-16/h4-5,9H,6-8H2,1-3H3,(H,18,20)(H,19,21). The lowest BCUT2D eigenvalue weighted by Crippen LogP contribution is -2.44. The molecule has 0 aromatic heterocycles. The minimum atomic E-state index is -0.774. The number of hydrazine groups is 1. The molecule has 2 N–H and O–H groups in total. The number of alkyl halides is 1. The summed E-state index contributed by atoms with van der Waals surface area (Å²) in [7, 11) is 0. The Hall–Kier alpha value is -2.02. The molecule has 0 heterocycles. The zero-order valence-corrected chi connectivity index (χ0v) is 14.0. The molecule has 6 nitrogen and oxygen atoms in total. The molecule has 0 radical (unpaired) electrons. The average Bonchev–Trinajstić information content (AvgIpc) is 2.43. The van der Waals surface area contributed by atoms with Crippen molar-refractivity contribution in [3.05, 3.63) is 29.6 Å². The second kappa shape index (κ2) is 8.57. The van der Waals surface area contributed by atoms with Gasteiger partial charge in [-0.2, -0.15) is 0 Å². The van der Waals surface area contributed by atoms with Crippen molar-refractivity contribution in [3.8, 4) is 5.75 Å². The first kappa shape index (κ1) is 19.0. The fraction of sp³-hybridized carbons (Fsp3) is 0.467. The maximum atomic E-state index is 13.2. The van der Waals surface area contributed by atoms with Gasteiger partial charge >= 0.3 is 6.09 Å². The van der Waals surface area contributed by atoms with Gasteiger partial charge in [-0.05, 0) is 26.8 Å². The number of hydrogen-bond acceptors (Lipinski definition) is 4. The predicted molar refractivity (Wildman–Crippen MR) is 83.8 cm³/mol. The van der Waals surface area contributed by atoms with E-state index in [2.05, 4.69) is 10.9 Å². The second-order valence-electron chi connectivity index (χ2n) is 5.64. The zero-order valence-electron chi connectivity index (χ0n) is 13.2. The van der Waals surface area contributed by atoms with Gasteiger partial charge in [-0.25, -0.2) is 14.6 Å². The van der Waals surface area contributed by atoms with Gasteiger partial charge in [0, 0.05) is 11.6 Å². The van der Waals surface area contributed by atoms with Gasteiger partial charge in [-0.15, -0.1) is 11.6 Å². The molecule has 0 aliphatic heterocycles. The Kier molecular flexibility index (Phi) is 7.09. The molecule has 2 amide bonds. The molecule has 0 atom stereocenters.